The molecule has 3 aliphatic carbocycles. The molecule has 0 spiro atoms. The van der Waals surface area contributed by atoms with Gasteiger partial charge in [0.25, 0.3) is 0 Å². The highest BCUT2D eigenvalue weighted by Crippen LogP contribution is 2.68. The zero-order chi connectivity index (χ0) is 25.9. The molecule has 4 fully saturated rings. The number of benzene rings is 1. The number of aryl methyl sites for hydroxylation is 2. The number of carbonyl (C=O) groups is 2. The summed E-state index contributed by atoms with van der Waals surface area (Å²) in [5.74, 6) is 1.77. The Morgan fingerprint density at radius 1 is 1.22 bits per heavy atom. The summed E-state index contributed by atoms with van der Waals surface area (Å²) in [5, 5.41) is 10.3. The number of fused-ring (bicyclic) bond motifs is 1. The topological polar surface area (TPSA) is 79.0 Å². The van der Waals surface area contributed by atoms with Crippen molar-refractivity contribution in [2.24, 2.45) is 24.3 Å². The third-order valence-corrected chi connectivity index (χ3v) is 9.66. The second kappa shape index (κ2) is 8.83. The van der Waals surface area contributed by atoms with Crippen LogP contribution in [0.2, 0.25) is 0 Å². The molecule has 1 aliphatic heterocycles. The molecule has 2 aromatic heterocycles. The summed E-state index contributed by atoms with van der Waals surface area (Å²) < 4.78 is 2.09. The molecular formula is C31H34N4O2. The second-order valence-electron chi connectivity index (χ2n) is 11.8. The van der Waals surface area contributed by atoms with Gasteiger partial charge < -0.3 is 9.47 Å². The van der Waals surface area contributed by atoms with Crippen LogP contribution in [0.25, 0.3) is 11.0 Å². The maximum absolute atomic E-state index is 13.2. The van der Waals surface area contributed by atoms with Crippen molar-refractivity contribution in [1.29, 1.82) is 5.26 Å². The maximum Gasteiger partial charge on any atom is 0.225 e. The van der Waals surface area contributed by atoms with Crippen molar-refractivity contribution >= 4 is 22.7 Å². The van der Waals surface area contributed by atoms with Gasteiger partial charge in [0.1, 0.15) is 5.65 Å². The van der Waals surface area contributed by atoms with Crippen LogP contribution in [0.1, 0.15) is 77.6 Å². The van der Waals surface area contributed by atoms with Crippen LogP contribution in [0.5, 0.6) is 0 Å². The lowest BCUT2D eigenvalue weighted by molar-refractivity contribution is -0.173. The van der Waals surface area contributed by atoms with Gasteiger partial charge in [0.2, 0.25) is 5.91 Å². The first-order valence-corrected chi connectivity index (χ1v) is 13.5. The van der Waals surface area contributed by atoms with Gasteiger partial charge in [0.15, 0.2) is 5.78 Å². The van der Waals surface area contributed by atoms with E-state index < -0.39 is 0 Å². The molecule has 190 valence electrons. The molecule has 3 aromatic rings. The molecule has 6 heteroatoms. The Balaban J connectivity index is 1.20. The summed E-state index contributed by atoms with van der Waals surface area (Å²) in [7, 11) is 2.03. The molecule has 0 N–H and O–H groups in total. The zero-order valence-electron chi connectivity index (χ0n) is 22.0. The van der Waals surface area contributed by atoms with E-state index in [1.54, 1.807) is 24.3 Å². The fraction of sp³-hybridized carbons (Fsp3) is 0.484. The quantitative estimate of drug-likeness (QED) is 0.435. The molecule has 37 heavy (non-hydrogen) atoms. The van der Waals surface area contributed by atoms with Gasteiger partial charge in [-0.2, -0.15) is 5.26 Å². The van der Waals surface area contributed by atoms with Gasteiger partial charge in [-0.25, -0.2) is 4.98 Å². The lowest BCUT2D eigenvalue weighted by Crippen LogP contribution is -2.59. The van der Waals surface area contributed by atoms with Crippen LogP contribution >= 0.6 is 0 Å². The van der Waals surface area contributed by atoms with E-state index in [1.165, 1.54) is 24.8 Å². The molecule has 0 unspecified atom stereocenters. The highest BCUT2D eigenvalue weighted by molar-refractivity contribution is 5.98. The van der Waals surface area contributed by atoms with Gasteiger partial charge in [0.05, 0.1) is 11.6 Å². The van der Waals surface area contributed by atoms with E-state index in [0.29, 0.717) is 28.4 Å². The number of carbonyl (C=O) groups excluding carboxylic acids is 2. The number of Topliss-reactive ketones (excluding diaryl/α,β-unsaturated/α-hetero) is 1. The van der Waals surface area contributed by atoms with Gasteiger partial charge in [-0.3, -0.25) is 9.59 Å². The molecule has 1 amide bonds. The minimum Gasteiger partial charge on any atom is -0.342 e. The Morgan fingerprint density at radius 2 is 1.95 bits per heavy atom. The lowest BCUT2D eigenvalue weighted by atomic mass is 9.40. The summed E-state index contributed by atoms with van der Waals surface area (Å²) in [6.45, 7) is 5.86. The predicted octanol–water partition coefficient (Wildman–Crippen LogP) is 5.32. The molecule has 1 aromatic carbocycles. The Labute approximate surface area is 218 Å². The number of hydrogen-bond acceptors (Lipinski definition) is 4. The molecule has 7 rings (SSSR count). The van der Waals surface area contributed by atoms with Crippen LogP contribution in [-0.4, -0.2) is 39.2 Å². The first kappa shape index (κ1) is 23.9. The number of ketones is 1. The van der Waals surface area contributed by atoms with Crippen LogP contribution in [-0.2, 0) is 18.3 Å². The van der Waals surface area contributed by atoms with E-state index in [4.69, 9.17) is 4.98 Å². The fourth-order valence-electron chi connectivity index (χ4n) is 7.12. The molecule has 6 nitrogen and oxygen atoms in total. The molecule has 3 saturated carbocycles. The standard InChI is InChI=1S/C31H34N4O2/c1-19-25(12-27(36)24-6-4-5-21(11-24)16-32)17-33-29-28(19)26(18-34(29)3)23-7-9-35(10-8-23)30(37)20(2)31-13-22(14-31)15-31/h4-6,11,17-18,20,22-23H,7-10,12-15H2,1-3H3/t20-,22?,31?/m0/s1. The smallest absolute Gasteiger partial charge is 0.225 e. The average Bonchev–Trinajstić information content (AvgIpc) is 3.20. The Morgan fingerprint density at radius 3 is 2.59 bits per heavy atom. The van der Waals surface area contributed by atoms with Crippen LogP contribution in [0.15, 0.2) is 36.7 Å². The van der Waals surface area contributed by atoms with E-state index in [9.17, 15) is 14.9 Å². The third-order valence-electron chi connectivity index (χ3n) is 9.66. The van der Waals surface area contributed by atoms with Crippen LogP contribution in [0.3, 0.4) is 0 Å². The molecule has 3 heterocycles. The Kier molecular flexibility index (Phi) is 5.71. The molecule has 1 saturated heterocycles. The number of aromatic nitrogens is 2. The molecule has 0 radical (unpaired) electrons. The van der Waals surface area contributed by atoms with E-state index in [-0.39, 0.29) is 18.1 Å². The molecule has 1 atom stereocenters. The summed E-state index contributed by atoms with van der Waals surface area (Å²) >= 11 is 0. The van der Waals surface area contributed by atoms with Crippen LogP contribution in [0, 0.1) is 35.5 Å². The zero-order valence-corrected chi connectivity index (χ0v) is 22.0. The van der Waals surface area contributed by atoms with E-state index in [1.807, 2.05) is 13.2 Å². The van der Waals surface area contributed by atoms with Gasteiger partial charge in [-0.1, -0.05) is 19.1 Å². The fourth-order valence-corrected chi connectivity index (χ4v) is 7.12. The SMILES string of the molecule is Cc1c(CC(=O)c2cccc(C#N)c2)cnc2c1c(C1CCN(C(=O)[C@H](C)C34CC(C3)C4)CC1)cn2C. The molecular weight excluding hydrogens is 460 g/mol. The monoisotopic (exact) mass is 494 g/mol. The van der Waals surface area contributed by atoms with E-state index in [2.05, 4.69) is 35.6 Å². The number of rotatable bonds is 6. The summed E-state index contributed by atoms with van der Waals surface area (Å²) in [6.07, 6.45) is 9.95. The highest BCUT2D eigenvalue weighted by atomic mass is 16.2. The van der Waals surface area contributed by atoms with Crippen molar-refractivity contribution < 1.29 is 9.59 Å². The highest BCUT2D eigenvalue weighted by Gasteiger charge is 2.61. The van der Waals surface area contributed by atoms with Crippen LogP contribution < -0.4 is 0 Å². The maximum atomic E-state index is 13.2. The predicted molar refractivity (Wildman–Crippen MR) is 142 cm³/mol. The first-order chi connectivity index (χ1) is 17.8. The van der Waals surface area contributed by atoms with Crippen molar-refractivity contribution in [2.75, 3.05) is 13.1 Å². The largest absolute Gasteiger partial charge is 0.342 e. The van der Waals surface area contributed by atoms with Gasteiger partial charge in [0, 0.05) is 55.8 Å². The Hall–Kier alpha value is -3.46. The normalized spacial score (nSPS) is 23.7. The van der Waals surface area contributed by atoms with Crippen LogP contribution in [0.4, 0.5) is 0 Å². The number of piperidine rings is 1. The number of hydrogen-bond donors (Lipinski definition) is 0. The van der Waals surface area contributed by atoms with Crippen molar-refractivity contribution in [3.05, 3.63) is 64.5 Å². The van der Waals surface area contributed by atoms with Crippen molar-refractivity contribution in [3.63, 3.8) is 0 Å². The summed E-state index contributed by atoms with van der Waals surface area (Å²) in [5.41, 5.74) is 5.60. The number of likely N-dealkylation sites (tertiary alicyclic amines) is 1. The molecule has 4 aliphatic rings. The van der Waals surface area contributed by atoms with Crippen molar-refractivity contribution in [2.45, 2.75) is 58.3 Å². The minimum atomic E-state index is -0.0107. The van der Waals surface area contributed by atoms with E-state index in [0.717, 1.165) is 54.0 Å². The lowest BCUT2D eigenvalue weighted by Gasteiger charge is -2.64. The summed E-state index contributed by atoms with van der Waals surface area (Å²) in [6, 6.07) is 8.99. The third kappa shape index (κ3) is 3.87. The number of amides is 1. The van der Waals surface area contributed by atoms with Crippen molar-refractivity contribution in [3.8, 4) is 6.07 Å². The Bertz CT molecular complexity index is 1440. The van der Waals surface area contributed by atoms with E-state index >= 15 is 0 Å². The first-order valence-electron chi connectivity index (χ1n) is 13.5. The molecule has 2 bridgehead atoms. The summed E-state index contributed by atoms with van der Waals surface area (Å²) in [4.78, 5) is 33.1. The second-order valence-corrected chi connectivity index (χ2v) is 11.8. The van der Waals surface area contributed by atoms with Gasteiger partial charge >= 0.3 is 0 Å². The average molecular weight is 495 g/mol. The minimum absolute atomic E-state index is 0.0107. The van der Waals surface area contributed by atoms with Crippen molar-refractivity contribution in [1.82, 2.24) is 14.5 Å². The number of pyridine rings is 1. The number of nitriles is 1. The van der Waals surface area contributed by atoms with Gasteiger partial charge in [-0.15, -0.1) is 0 Å². The van der Waals surface area contributed by atoms with Gasteiger partial charge in [-0.05, 0) is 85.1 Å². The number of nitrogens with zero attached hydrogens (tertiary/aromatic N) is 4.